The van der Waals surface area contributed by atoms with Crippen LogP contribution in [0.1, 0.15) is 35.8 Å². The minimum Gasteiger partial charge on any atom is -0.469 e. The van der Waals surface area contributed by atoms with Gasteiger partial charge in [0.15, 0.2) is 0 Å². The standard InChI is InChI=1S/C20H22BrFN4O5/c1-30-16(27)6-5-15(19(28)31-2)25-20(29)26-8-7-14-17(24-10-23-14)18(26)12-4-3-11(21)9-13(12)22/h3-4,9-10,15,18H,5-8H2,1-2H3,(H,23,24)(H,25,29)/t15-,18-/m1/s1. The fourth-order valence-electron chi connectivity index (χ4n) is 3.52. The van der Waals surface area contributed by atoms with E-state index in [0.29, 0.717) is 16.6 Å². The summed E-state index contributed by atoms with van der Waals surface area (Å²) in [4.78, 5) is 45.5. The highest BCUT2D eigenvalue weighted by Crippen LogP contribution is 2.35. The number of hydrogen-bond donors (Lipinski definition) is 2. The summed E-state index contributed by atoms with van der Waals surface area (Å²) in [6.07, 6.45) is 1.92. The van der Waals surface area contributed by atoms with Crippen molar-refractivity contribution < 1.29 is 28.2 Å². The van der Waals surface area contributed by atoms with Crippen molar-refractivity contribution in [1.82, 2.24) is 20.2 Å². The molecule has 11 heteroatoms. The molecule has 0 saturated heterocycles. The van der Waals surface area contributed by atoms with Crippen LogP contribution in [-0.4, -0.2) is 59.6 Å². The number of aromatic nitrogens is 2. The second kappa shape index (κ2) is 9.90. The van der Waals surface area contributed by atoms with Gasteiger partial charge in [0.2, 0.25) is 0 Å². The Kier molecular flexibility index (Phi) is 7.26. The lowest BCUT2D eigenvalue weighted by Crippen LogP contribution is -2.51. The third-order valence-electron chi connectivity index (χ3n) is 5.09. The number of amides is 2. The molecule has 9 nitrogen and oxygen atoms in total. The molecule has 1 aromatic heterocycles. The molecule has 166 valence electrons. The van der Waals surface area contributed by atoms with Crippen LogP contribution in [0.4, 0.5) is 9.18 Å². The van der Waals surface area contributed by atoms with Crippen LogP contribution in [0.15, 0.2) is 29.0 Å². The molecule has 0 radical (unpaired) electrons. The molecular weight excluding hydrogens is 475 g/mol. The molecule has 0 unspecified atom stereocenters. The number of nitrogens with zero attached hydrogens (tertiary/aromatic N) is 2. The monoisotopic (exact) mass is 496 g/mol. The number of carbonyl (C=O) groups excluding carboxylic acids is 3. The fraction of sp³-hybridized carbons (Fsp3) is 0.400. The number of imidazole rings is 1. The predicted molar refractivity (Wildman–Crippen MR) is 111 cm³/mol. The van der Waals surface area contributed by atoms with Crippen molar-refractivity contribution in [2.24, 2.45) is 0 Å². The minimum absolute atomic E-state index is 0.00386. The Balaban J connectivity index is 1.88. The van der Waals surface area contributed by atoms with Gasteiger partial charge in [0.1, 0.15) is 17.9 Å². The zero-order valence-electron chi connectivity index (χ0n) is 17.0. The van der Waals surface area contributed by atoms with E-state index in [1.807, 2.05) is 0 Å². The molecule has 1 aliphatic rings. The molecule has 0 bridgehead atoms. The van der Waals surface area contributed by atoms with Gasteiger partial charge in [0.25, 0.3) is 0 Å². The van der Waals surface area contributed by atoms with Crippen LogP contribution >= 0.6 is 15.9 Å². The summed E-state index contributed by atoms with van der Waals surface area (Å²) in [5, 5.41) is 2.61. The molecule has 31 heavy (non-hydrogen) atoms. The number of nitrogens with one attached hydrogen (secondary N) is 2. The number of methoxy groups -OCH3 is 2. The van der Waals surface area contributed by atoms with Gasteiger partial charge in [-0.1, -0.05) is 22.0 Å². The maximum atomic E-state index is 14.8. The van der Waals surface area contributed by atoms with Crippen LogP contribution in [0.25, 0.3) is 0 Å². The van der Waals surface area contributed by atoms with Crippen molar-refractivity contribution in [1.29, 1.82) is 0 Å². The van der Waals surface area contributed by atoms with E-state index in [4.69, 9.17) is 4.74 Å². The molecule has 2 aromatic rings. The molecule has 0 aliphatic carbocycles. The fourth-order valence-corrected chi connectivity index (χ4v) is 3.85. The maximum absolute atomic E-state index is 14.8. The molecule has 3 rings (SSSR count). The van der Waals surface area contributed by atoms with E-state index in [-0.39, 0.29) is 24.9 Å². The molecular formula is C20H22BrFN4O5. The lowest BCUT2D eigenvalue weighted by molar-refractivity contribution is -0.144. The number of fused-ring (bicyclic) bond motifs is 1. The van der Waals surface area contributed by atoms with Crippen molar-refractivity contribution in [2.75, 3.05) is 20.8 Å². The van der Waals surface area contributed by atoms with Crippen LogP contribution in [0, 0.1) is 5.82 Å². The Morgan fingerprint density at radius 2 is 2.13 bits per heavy atom. The van der Waals surface area contributed by atoms with Gasteiger partial charge in [0, 0.05) is 35.1 Å². The second-order valence-corrected chi connectivity index (χ2v) is 7.83. The number of rotatable bonds is 6. The van der Waals surface area contributed by atoms with Gasteiger partial charge in [0.05, 0.1) is 26.2 Å². The number of halogens is 2. The molecule has 0 fully saturated rings. The van der Waals surface area contributed by atoms with Crippen LogP contribution in [0.3, 0.4) is 0 Å². The van der Waals surface area contributed by atoms with Crippen molar-refractivity contribution in [3.8, 4) is 0 Å². The zero-order valence-corrected chi connectivity index (χ0v) is 18.6. The molecule has 1 aromatic carbocycles. The highest BCUT2D eigenvalue weighted by atomic mass is 79.9. The summed E-state index contributed by atoms with van der Waals surface area (Å²) in [6, 6.07) is 2.14. The number of hydrogen-bond acceptors (Lipinski definition) is 6. The van der Waals surface area contributed by atoms with Crippen molar-refractivity contribution in [3.63, 3.8) is 0 Å². The summed E-state index contributed by atoms with van der Waals surface area (Å²) in [5.74, 6) is -1.71. The Labute approximate surface area is 186 Å². The highest BCUT2D eigenvalue weighted by Gasteiger charge is 2.37. The number of esters is 2. The van der Waals surface area contributed by atoms with Gasteiger partial charge < -0.3 is 24.7 Å². The number of ether oxygens (including phenoxy) is 2. The third-order valence-corrected chi connectivity index (χ3v) is 5.58. The first-order valence-corrected chi connectivity index (χ1v) is 10.3. The smallest absolute Gasteiger partial charge is 0.328 e. The van der Waals surface area contributed by atoms with E-state index >= 15 is 0 Å². The van der Waals surface area contributed by atoms with Crippen LogP contribution in [-0.2, 0) is 25.5 Å². The normalized spacial score (nSPS) is 16.3. The SMILES string of the molecule is COC(=O)CC[C@@H](NC(=O)N1CCc2[nH]cnc2[C@H]1c1ccc(Br)cc1F)C(=O)OC. The maximum Gasteiger partial charge on any atom is 0.328 e. The molecule has 2 amide bonds. The summed E-state index contributed by atoms with van der Waals surface area (Å²) < 4.78 is 24.7. The minimum atomic E-state index is -1.06. The summed E-state index contributed by atoms with van der Waals surface area (Å²) >= 11 is 3.24. The highest BCUT2D eigenvalue weighted by molar-refractivity contribution is 9.10. The predicted octanol–water partition coefficient (Wildman–Crippen LogP) is 2.46. The second-order valence-electron chi connectivity index (χ2n) is 6.92. The van der Waals surface area contributed by atoms with E-state index < -0.39 is 35.9 Å². The summed E-state index contributed by atoms with van der Waals surface area (Å²) in [5.41, 5.74) is 1.62. The lowest BCUT2D eigenvalue weighted by Gasteiger charge is -2.36. The van der Waals surface area contributed by atoms with Crippen LogP contribution < -0.4 is 5.32 Å². The Hall–Kier alpha value is -2.95. The van der Waals surface area contributed by atoms with Gasteiger partial charge in [-0.2, -0.15) is 0 Å². The Morgan fingerprint density at radius 3 is 2.81 bits per heavy atom. The molecule has 2 N–H and O–H groups in total. The third kappa shape index (κ3) is 5.04. The van der Waals surface area contributed by atoms with E-state index in [1.54, 1.807) is 12.1 Å². The number of urea groups is 1. The van der Waals surface area contributed by atoms with Crippen molar-refractivity contribution in [2.45, 2.75) is 31.3 Å². The first-order valence-electron chi connectivity index (χ1n) is 9.54. The topological polar surface area (TPSA) is 114 Å². The van der Waals surface area contributed by atoms with Crippen LogP contribution in [0.2, 0.25) is 0 Å². The number of carbonyl (C=O) groups is 3. The van der Waals surface area contributed by atoms with E-state index in [9.17, 15) is 18.8 Å². The van der Waals surface area contributed by atoms with E-state index in [2.05, 4.69) is 36.0 Å². The molecule has 0 saturated carbocycles. The van der Waals surface area contributed by atoms with Crippen molar-refractivity contribution >= 4 is 33.9 Å². The average molecular weight is 497 g/mol. The largest absolute Gasteiger partial charge is 0.469 e. The van der Waals surface area contributed by atoms with Crippen molar-refractivity contribution in [3.05, 3.63) is 51.8 Å². The Bertz CT molecular complexity index is 982. The van der Waals surface area contributed by atoms with E-state index in [1.165, 1.54) is 31.5 Å². The molecule has 0 spiro atoms. The lowest BCUT2D eigenvalue weighted by atomic mass is 9.95. The molecule has 1 aliphatic heterocycles. The van der Waals surface area contributed by atoms with Gasteiger partial charge in [-0.3, -0.25) is 4.79 Å². The van der Waals surface area contributed by atoms with E-state index in [0.717, 1.165) is 5.69 Å². The van der Waals surface area contributed by atoms with Gasteiger partial charge in [-0.15, -0.1) is 0 Å². The molecule has 2 heterocycles. The first kappa shape index (κ1) is 22.7. The van der Waals surface area contributed by atoms with Gasteiger partial charge >= 0.3 is 18.0 Å². The summed E-state index contributed by atoms with van der Waals surface area (Å²) in [6.45, 7) is 0.270. The van der Waals surface area contributed by atoms with Crippen LogP contribution in [0.5, 0.6) is 0 Å². The first-order chi connectivity index (χ1) is 14.8. The number of H-pyrrole nitrogens is 1. The quantitative estimate of drug-likeness (QED) is 0.593. The summed E-state index contributed by atoms with van der Waals surface area (Å²) in [7, 11) is 2.43. The van der Waals surface area contributed by atoms with Gasteiger partial charge in [-0.25, -0.2) is 19.0 Å². The molecule has 2 atom stereocenters. The number of benzene rings is 1. The Morgan fingerprint density at radius 1 is 1.35 bits per heavy atom. The number of aromatic amines is 1. The average Bonchev–Trinajstić information content (AvgIpc) is 3.24. The zero-order chi connectivity index (χ0) is 22.5. The van der Waals surface area contributed by atoms with Gasteiger partial charge in [-0.05, 0) is 18.6 Å².